The van der Waals surface area contributed by atoms with Gasteiger partial charge in [0.2, 0.25) is 0 Å². The number of hydrogen-bond acceptors (Lipinski definition) is 3. The van der Waals surface area contributed by atoms with Gasteiger partial charge in [-0.05, 0) is 25.3 Å². The van der Waals surface area contributed by atoms with Gasteiger partial charge >= 0.3 is 5.97 Å². The van der Waals surface area contributed by atoms with Gasteiger partial charge in [-0.1, -0.05) is 36.4 Å². The Balaban J connectivity index is 2.57. The molecule has 18 heavy (non-hydrogen) atoms. The van der Waals surface area contributed by atoms with Crippen molar-refractivity contribution >= 4 is 11.8 Å². The van der Waals surface area contributed by atoms with E-state index in [1.165, 1.54) is 7.11 Å². The lowest BCUT2D eigenvalue weighted by Crippen LogP contribution is -2.44. The van der Waals surface area contributed by atoms with Crippen molar-refractivity contribution < 1.29 is 14.3 Å². The lowest BCUT2D eigenvalue weighted by molar-refractivity contribution is -0.148. The van der Waals surface area contributed by atoms with Gasteiger partial charge in [-0.2, -0.15) is 0 Å². The molecule has 1 aliphatic carbocycles. The second-order valence-corrected chi connectivity index (χ2v) is 4.66. The summed E-state index contributed by atoms with van der Waals surface area (Å²) >= 11 is 0. The molecule has 2 rings (SSSR count). The van der Waals surface area contributed by atoms with E-state index < -0.39 is 11.4 Å². The summed E-state index contributed by atoms with van der Waals surface area (Å²) in [4.78, 5) is 24.7. The van der Waals surface area contributed by atoms with Crippen molar-refractivity contribution in [2.45, 2.75) is 19.8 Å². The van der Waals surface area contributed by atoms with E-state index in [1.54, 1.807) is 13.0 Å². The van der Waals surface area contributed by atoms with Gasteiger partial charge < -0.3 is 4.74 Å². The third-order valence-corrected chi connectivity index (χ3v) is 3.68. The molecule has 0 aliphatic heterocycles. The second kappa shape index (κ2) is 4.41. The summed E-state index contributed by atoms with van der Waals surface area (Å²) in [7, 11) is 1.31. The smallest absolute Gasteiger partial charge is 0.323 e. The summed E-state index contributed by atoms with van der Waals surface area (Å²) < 4.78 is 4.82. The number of hydrogen-bond donors (Lipinski definition) is 0. The van der Waals surface area contributed by atoms with E-state index in [2.05, 4.69) is 6.58 Å². The Hall–Kier alpha value is -1.90. The van der Waals surface area contributed by atoms with Crippen molar-refractivity contribution in [2.24, 2.45) is 5.41 Å². The van der Waals surface area contributed by atoms with E-state index in [0.717, 1.165) is 5.56 Å². The van der Waals surface area contributed by atoms with Crippen LogP contribution in [-0.4, -0.2) is 18.9 Å². The van der Waals surface area contributed by atoms with Crippen LogP contribution in [0.3, 0.4) is 0 Å². The number of ether oxygens (including phenoxy) is 1. The number of aryl methyl sites for hydroxylation is 1. The van der Waals surface area contributed by atoms with Crippen LogP contribution in [0.25, 0.3) is 0 Å². The lowest BCUT2D eigenvalue weighted by atomic mass is 9.67. The lowest BCUT2D eigenvalue weighted by Gasteiger charge is -2.34. The van der Waals surface area contributed by atoms with Crippen LogP contribution in [0.2, 0.25) is 0 Å². The van der Waals surface area contributed by atoms with E-state index in [-0.39, 0.29) is 5.78 Å². The molecule has 94 valence electrons. The van der Waals surface area contributed by atoms with Crippen LogP contribution in [0.1, 0.15) is 29.3 Å². The largest absolute Gasteiger partial charge is 0.468 e. The van der Waals surface area contributed by atoms with Crippen LogP contribution in [0.15, 0.2) is 36.4 Å². The van der Waals surface area contributed by atoms with Crippen LogP contribution < -0.4 is 0 Å². The average molecular weight is 244 g/mol. The molecule has 3 heteroatoms. The molecule has 1 aromatic carbocycles. The summed E-state index contributed by atoms with van der Waals surface area (Å²) in [6, 6.07) is 7.39. The van der Waals surface area contributed by atoms with E-state index >= 15 is 0 Å². The monoisotopic (exact) mass is 244 g/mol. The molecule has 0 saturated heterocycles. The number of ketones is 1. The van der Waals surface area contributed by atoms with Gasteiger partial charge in [0.05, 0.1) is 7.11 Å². The molecule has 3 nitrogen and oxygen atoms in total. The van der Waals surface area contributed by atoms with E-state index in [0.29, 0.717) is 24.0 Å². The standard InChI is InChI=1S/C15H16O3/c1-10(2)15(14(17)18-3)9-8-11-6-4-5-7-12(11)13(15)16/h4-7H,1,8-9H2,2-3H3. The van der Waals surface area contributed by atoms with Gasteiger partial charge in [-0.3, -0.25) is 9.59 Å². The number of carbonyl (C=O) groups is 2. The molecule has 0 heterocycles. The van der Waals surface area contributed by atoms with Crippen LogP contribution in [0.4, 0.5) is 0 Å². The predicted molar refractivity (Wildman–Crippen MR) is 68.4 cm³/mol. The van der Waals surface area contributed by atoms with Crippen LogP contribution >= 0.6 is 0 Å². The highest BCUT2D eigenvalue weighted by atomic mass is 16.5. The van der Waals surface area contributed by atoms with E-state index in [4.69, 9.17) is 4.74 Å². The molecular weight excluding hydrogens is 228 g/mol. The molecule has 1 unspecified atom stereocenters. The second-order valence-electron chi connectivity index (χ2n) is 4.66. The number of benzene rings is 1. The predicted octanol–water partition coefficient (Wildman–Crippen LogP) is 2.55. The Bertz CT molecular complexity index is 530. The summed E-state index contributed by atoms with van der Waals surface area (Å²) in [6.07, 6.45) is 1.12. The van der Waals surface area contributed by atoms with Crippen LogP contribution in [0, 0.1) is 5.41 Å². The SMILES string of the molecule is C=C(C)C1(C(=O)OC)CCc2ccccc2C1=O. The minimum absolute atomic E-state index is 0.191. The fourth-order valence-corrected chi connectivity index (χ4v) is 2.58. The highest BCUT2D eigenvalue weighted by Gasteiger charge is 2.50. The molecule has 0 spiro atoms. The fourth-order valence-electron chi connectivity index (χ4n) is 2.58. The van der Waals surface area contributed by atoms with E-state index in [9.17, 15) is 9.59 Å². The summed E-state index contributed by atoms with van der Waals surface area (Å²) in [5.41, 5.74) is 0.942. The molecular formula is C15H16O3. The molecule has 0 bridgehead atoms. The highest BCUT2D eigenvalue weighted by molar-refractivity contribution is 6.16. The number of rotatable bonds is 2. The summed E-state index contributed by atoms with van der Waals surface area (Å²) in [5.74, 6) is -0.696. The molecule has 0 saturated carbocycles. The van der Waals surface area contributed by atoms with E-state index in [1.807, 2.05) is 18.2 Å². The molecule has 0 amide bonds. The normalized spacial score (nSPS) is 22.2. The van der Waals surface area contributed by atoms with Crippen molar-refractivity contribution in [2.75, 3.05) is 7.11 Å². The van der Waals surface area contributed by atoms with Crippen molar-refractivity contribution in [3.63, 3.8) is 0 Å². The van der Waals surface area contributed by atoms with Crippen molar-refractivity contribution in [1.82, 2.24) is 0 Å². The van der Waals surface area contributed by atoms with Gasteiger partial charge in [0, 0.05) is 5.56 Å². The molecule has 1 aromatic rings. The Morgan fingerprint density at radius 2 is 2.06 bits per heavy atom. The van der Waals surface area contributed by atoms with Crippen molar-refractivity contribution in [1.29, 1.82) is 0 Å². The maximum Gasteiger partial charge on any atom is 0.323 e. The van der Waals surface area contributed by atoms with Crippen LogP contribution in [0.5, 0.6) is 0 Å². The number of Topliss-reactive ketones (excluding diaryl/α,β-unsaturated/α-hetero) is 1. The molecule has 1 aliphatic rings. The maximum absolute atomic E-state index is 12.6. The Morgan fingerprint density at radius 1 is 1.39 bits per heavy atom. The molecule has 0 fully saturated rings. The Morgan fingerprint density at radius 3 is 2.67 bits per heavy atom. The number of esters is 1. The Labute approximate surface area is 106 Å². The zero-order chi connectivity index (χ0) is 13.3. The first-order chi connectivity index (χ1) is 8.54. The first-order valence-electron chi connectivity index (χ1n) is 5.91. The highest BCUT2D eigenvalue weighted by Crippen LogP contribution is 2.41. The van der Waals surface area contributed by atoms with Gasteiger partial charge in [0.1, 0.15) is 0 Å². The quantitative estimate of drug-likeness (QED) is 0.456. The summed E-state index contributed by atoms with van der Waals surface area (Å²) in [5, 5.41) is 0. The third-order valence-electron chi connectivity index (χ3n) is 3.68. The van der Waals surface area contributed by atoms with Crippen LogP contribution in [-0.2, 0) is 16.0 Å². The molecule has 0 radical (unpaired) electrons. The van der Waals surface area contributed by atoms with Gasteiger partial charge in [0.15, 0.2) is 11.2 Å². The summed E-state index contributed by atoms with van der Waals surface area (Å²) in [6.45, 7) is 5.53. The molecule has 0 aromatic heterocycles. The average Bonchev–Trinajstić information content (AvgIpc) is 2.38. The van der Waals surface area contributed by atoms with Gasteiger partial charge in [-0.15, -0.1) is 0 Å². The maximum atomic E-state index is 12.6. The first-order valence-corrected chi connectivity index (χ1v) is 5.91. The fraction of sp³-hybridized carbons (Fsp3) is 0.333. The topological polar surface area (TPSA) is 43.4 Å². The third kappa shape index (κ3) is 1.58. The Kier molecular flexibility index (Phi) is 3.07. The first kappa shape index (κ1) is 12.6. The zero-order valence-corrected chi connectivity index (χ0v) is 10.7. The zero-order valence-electron chi connectivity index (χ0n) is 10.7. The minimum Gasteiger partial charge on any atom is -0.468 e. The number of fused-ring (bicyclic) bond motifs is 1. The molecule has 1 atom stereocenters. The van der Waals surface area contributed by atoms with Crippen molar-refractivity contribution in [3.05, 3.63) is 47.5 Å². The number of carbonyl (C=O) groups excluding carboxylic acids is 2. The minimum atomic E-state index is -1.21. The van der Waals surface area contributed by atoms with Crippen molar-refractivity contribution in [3.8, 4) is 0 Å². The van der Waals surface area contributed by atoms with Gasteiger partial charge in [0.25, 0.3) is 0 Å². The molecule has 0 N–H and O–H groups in total. The number of methoxy groups -OCH3 is 1. The van der Waals surface area contributed by atoms with Gasteiger partial charge in [-0.25, -0.2) is 0 Å².